The van der Waals surface area contributed by atoms with Crippen molar-refractivity contribution < 1.29 is 19.1 Å². The van der Waals surface area contributed by atoms with Crippen LogP contribution in [0.25, 0.3) is 0 Å². The Morgan fingerprint density at radius 2 is 1.55 bits per heavy atom. The number of ether oxygens (including phenoxy) is 1. The predicted molar refractivity (Wildman–Crippen MR) is 74.3 cm³/mol. The molecule has 0 aromatic heterocycles. The molecule has 0 aliphatic carbocycles. The van der Waals surface area contributed by atoms with Gasteiger partial charge in [0.1, 0.15) is 5.60 Å². The summed E-state index contributed by atoms with van der Waals surface area (Å²) in [6.45, 7) is 5.64. The van der Waals surface area contributed by atoms with Crippen LogP contribution in [0.2, 0.25) is 0 Å². The topological polar surface area (TPSA) is 99.8 Å². The predicted octanol–water partition coefficient (Wildman–Crippen LogP) is -0.101. The largest absolute Gasteiger partial charge is 0.444 e. The van der Waals surface area contributed by atoms with Crippen molar-refractivity contribution in [2.24, 2.45) is 0 Å². The Bertz CT molecular complexity index is 350. The van der Waals surface area contributed by atoms with Gasteiger partial charge in [-0.2, -0.15) is 0 Å². The van der Waals surface area contributed by atoms with E-state index in [4.69, 9.17) is 4.74 Å². The minimum absolute atomic E-state index is 0.170. The van der Waals surface area contributed by atoms with Gasteiger partial charge in [-0.05, 0) is 20.8 Å². The maximum absolute atomic E-state index is 11.4. The quantitative estimate of drug-likeness (QED) is 0.615. The zero-order chi connectivity index (χ0) is 15.8. The number of urea groups is 1. The lowest BCUT2D eigenvalue weighted by atomic mass is 10.2. The molecule has 20 heavy (non-hydrogen) atoms. The first-order chi connectivity index (χ1) is 9.11. The summed E-state index contributed by atoms with van der Waals surface area (Å²) in [5.41, 5.74) is -0.600. The Morgan fingerprint density at radius 1 is 1.00 bits per heavy atom. The van der Waals surface area contributed by atoms with Crippen LogP contribution in [0.5, 0.6) is 0 Å². The number of alkyl carbamates (subject to hydrolysis) is 1. The molecule has 3 N–H and O–H groups in total. The molecule has 0 heterocycles. The first-order valence-electron chi connectivity index (χ1n) is 6.30. The van der Waals surface area contributed by atoms with E-state index in [1.54, 1.807) is 34.9 Å². The van der Waals surface area contributed by atoms with Crippen molar-refractivity contribution in [2.45, 2.75) is 26.4 Å². The highest BCUT2D eigenvalue weighted by molar-refractivity contribution is 5.82. The fraction of sp³-hybridized carbons (Fsp3) is 0.750. The van der Waals surface area contributed by atoms with Gasteiger partial charge in [-0.3, -0.25) is 4.79 Å². The summed E-state index contributed by atoms with van der Waals surface area (Å²) in [4.78, 5) is 35.2. The van der Waals surface area contributed by atoms with Gasteiger partial charge in [-0.15, -0.1) is 0 Å². The third-order valence-corrected chi connectivity index (χ3v) is 1.92. The van der Waals surface area contributed by atoms with E-state index in [0.29, 0.717) is 6.54 Å². The van der Waals surface area contributed by atoms with Crippen molar-refractivity contribution in [1.82, 2.24) is 20.9 Å². The van der Waals surface area contributed by atoms with Crippen LogP contribution in [0.3, 0.4) is 0 Å². The summed E-state index contributed by atoms with van der Waals surface area (Å²) in [5, 5.41) is 7.48. The lowest BCUT2D eigenvalue weighted by molar-refractivity contribution is -0.120. The molecule has 0 fully saturated rings. The van der Waals surface area contributed by atoms with Crippen LogP contribution in [-0.4, -0.2) is 62.3 Å². The van der Waals surface area contributed by atoms with Crippen molar-refractivity contribution in [3.05, 3.63) is 0 Å². The minimum Gasteiger partial charge on any atom is -0.444 e. The summed E-state index contributed by atoms with van der Waals surface area (Å²) >= 11 is 0. The monoisotopic (exact) mass is 288 g/mol. The standard InChI is InChI=1S/C12H24N4O4/c1-12(2,3)20-11(19)15-8-9(17)13-6-7-14-10(18)16(4)5/h6-8H2,1-5H3,(H,13,17)(H,14,18)(H,15,19). The number of nitrogens with zero attached hydrogens (tertiary/aromatic N) is 1. The van der Waals surface area contributed by atoms with Crippen LogP contribution in [0.4, 0.5) is 9.59 Å². The molecule has 0 aliphatic heterocycles. The number of nitrogens with one attached hydrogen (secondary N) is 3. The van der Waals surface area contributed by atoms with E-state index in [0.717, 1.165) is 0 Å². The van der Waals surface area contributed by atoms with E-state index in [2.05, 4.69) is 16.0 Å². The highest BCUT2D eigenvalue weighted by Gasteiger charge is 2.16. The van der Waals surface area contributed by atoms with E-state index in [1.807, 2.05) is 0 Å². The van der Waals surface area contributed by atoms with Crippen molar-refractivity contribution in [2.75, 3.05) is 33.7 Å². The molecule has 0 aromatic rings. The molecule has 116 valence electrons. The molecule has 0 aliphatic rings. The van der Waals surface area contributed by atoms with E-state index in [1.165, 1.54) is 4.90 Å². The molecule has 0 saturated heterocycles. The van der Waals surface area contributed by atoms with Gasteiger partial charge in [0.2, 0.25) is 5.91 Å². The van der Waals surface area contributed by atoms with Crippen LogP contribution in [0, 0.1) is 0 Å². The number of carbonyl (C=O) groups excluding carboxylic acids is 3. The fourth-order valence-corrected chi connectivity index (χ4v) is 1.06. The average Bonchev–Trinajstić information content (AvgIpc) is 2.29. The van der Waals surface area contributed by atoms with E-state index < -0.39 is 11.7 Å². The molecular formula is C12H24N4O4. The van der Waals surface area contributed by atoms with Gasteiger partial charge in [0.25, 0.3) is 0 Å². The zero-order valence-electron chi connectivity index (χ0n) is 12.7. The van der Waals surface area contributed by atoms with Gasteiger partial charge in [0, 0.05) is 27.2 Å². The number of amides is 4. The number of rotatable bonds is 5. The molecule has 0 rings (SSSR count). The molecule has 0 unspecified atom stereocenters. The number of hydrogen-bond acceptors (Lipinski definition) is 4. The Morgan fingerprint density at radius 3 is 2.05 bits per heavy atom. The summed E-state index contributed by atoms with van der Waals surface area (Å²) in [5.74, 6) is -0.352. The minimum atomic E-state index is -0.645. The first kappa shape index (κ1) is 18.0. The lowest BCUT2D eigenvalue weighted by Gasteiger charge is -2.19. The molecular weight excluding hydrogens is 264 g/mol. The van der Waals surface area contributed by atoms with Crippen LogP contribution in [0.15, 0.2) is 0 Å². The summed E-state index contributed by atoms with van der Waals surface area (Å²) in [6.07, 6.45) is -0.645. The van der Waals surface area contributed by atoms with Gasteiger partial charge in [-0.25, -0.2) is 9.59 Å². The van der Waals surface area contributed by atoms with Crippen LogP contribution < -0.4 is 16.0 Å². The number of carbonyl (C=O) groups is 3. The van der Waals surface area contributed by atoms with Gasteiger partial charge >= 0.3 is 12.1 Å². The zero-order valence-corrected chi connectivity index (χ0v) is 12.7. The smallest absolute Gasteiger partial charge is 0.408 e. The summed E-state index contributed by atoms with van der Waals surface area (Å²) in [6, 6.07) is -0.230. The van der Waals surface area contributed by atoms with Gasteiger partial charge in [0.05, 0.1) is 6.54 Å². The van der Waals surface area contributed by atoms with Crippen LogP contribution >= 0.6 is 0 Å². The average molecular weight is 288 g/mol. The molecule has 0 spiro atoms. The maximum Gasteiger partial charge on any atom is 0.408 e. The van der Waals surface area contributed by atoms with Gasteiger partial charge in [0.15, 0.2) is 0 Å². The summed E-state index contributed by atoms with van der Waals surface area (Å²) in [7, 11) is 3.25. The lowest BCUT2D eigenvalue weighted by Crippen LogP contribution is -2.43. The van der Waals surface area contributed by atoms with Crippen LogP contribution in [0.1, 0.15) is 20.8 Å². The third-order valence-electron chi connectivity index (χ3n) is 1.92. The van der Waals surface area contributed by atoms with Crippen molar-refractivity contribution >= 4 is 18.0 Å². The Balaban J connectivity index is 3.70. The molecule has 8 nitrogen and oxygen atoms in total. The SMILES string of the molecule is CN(C)C(=O)NCCNC(=O)CNC(=O)OC(C)(C)C. The first-order valence-corrected chi connectivity index (χ1v) is 6.30. The normalized spacial score (nSPS) is 10.4. The Labute approximate surface area is 119 Å². The van der Waals surface area contributed by atoms with Crippen LogP contribution in [-0.2, 0) is 9.53 Å². The molecule has 8 heteroatoms. The van der Waals surface area contributed by atoms with E-state index >= 15 is 0 Å². The second-order valence-corrected chi connectivity index (χ2v) is 5.33. The second-order valence-electron chi connectivity index (χ2n) is 5.33. The summed E-state index contributed by atoms with van der Waals surface area (Å²) < 4.78 is 4.98. The van der Waals surface area contributed by atoms with Gasteiger partial charge in [-0.1, -0.05) is 0 Å². The van der Waals surface area contributed by atoms with Crippen molar-refractivity contribution in [1.29, 1.82) is 0 Å². The molecule has 4 amide bonds. The highest BCUT2D eigenvalue weighted by Crippen LogP contribution is 2.05. The molecule has 0 radical (unpaired) electrons. The van der Waals surface area contributed by atoms with Crippen molar-refractivity contribution in [3.63, 3.8) is 0 Å². The fourth-order valence-electron chi connectivity index (χ4n) is 1.06. The molecule has 0 saturated carbocycles. The Hall–Kier alpha value is -1.99. The number of hydrogen-bond donors (Lipinski definition) is 3. The van der Waals surface area contributed by atoms with E-state index in [-0.39, 0.29) is 25.0 Å². The molecule has 0 atom stereocenters. The van der Waals surface area contributed by atoms with Gasteiger partial charge < -0.3 is 25.6 Å². The molecule has 0 aromatic carbocycles. The second kappa shape index (κ2) is 8.23. The Kier molecular flexibility index (Phi) is 7.42. The maximum atomic E-state index is 11.4. The third kappa shape index (κ3) is 9.98. The highest BCUT2D eigenvalue weighted by atomic mass is 16.6. The van der Waals surface area contributed by atoms with E-state index in [9.17, 15) is 14.4 Å². The molecule has 0 bridgehead atoms. The van der Waals surface area contributed by atoms with Crippen molar-refractivity contribution in [3.8, 4) is 0 Å².